The number of hydrogen-bond acceptors (Lipinski definition) is 6. The summed E-state index contributed by atoms with van der Waals surface area (Å²) in [5.74, 6) is -2.49. The molecule has 9 heteroatoms. The van der Waals surface area contributed by atoms with Crippen molar-refractivity contribution in [1.29, 1.82) is 0 Å². The molecule has 3 saturated heterocycles. The Balaban J connectivity index is 1.92. The molecule has 190 valence electrons. The van der Waals surface area contributed by atoms with Gasteiger partial charge < -0.3 is 24.4 Å². The predicted molar refractivity (Wildman–Crippen MR) is 131 cm³/mol. The van der Waals surface area contributed by atoms with E-state index in [4.69, 9.17) is 9.47 Å². The molecule has 0 aromatic carbocycles. The van der Waals surface area contributed by atoms with Crippen LogP contribution in [-0.2, 0) is 23.9 Å². The number of ether oxygens (including phenoxy) is 2. The van der Waals surface area contributed by atoms with E-state index < -0.39 is 35.6 Å². The summed E-state index contributed by atoms with van der Waals surface area (Å²) in [6.07, 6.45) is 6.17. The fraction of sp³-hybridized carbons (Fsp3) is 0.720. The largest absolute Gasteiger partial charge is 0.465 e. The number of amides is 2. The number of alkyl halides is 1. The van der Waals surface area contributed by atoms with Gasteiger partial charge in [0.1, 0.15) is 11.6 Å². The summed E-state index contributed by atoms with van der Waals surface area (Å²) < 4.78 is 12.0. The zero-order chi connectivity index (χ0) is 25.0. The molecule has 3 unspecified atom stereocenters. The average Bonchev–Trinajstić information content (AvgIpc) is 3.38. The first kappa shape index (κ1) is 26.9. The zero-order valence-corrected chi connectivity index (χ0v) is 21.7. The number of hydrogen-bond donors (Lipinski definition) is 1. The fourth-order valence-corrected chi connectivity index (χ4v) is 6.61. The Hall–Kier alpha value is -1.71. The second kappa shape index (κ2) is 11.4. The van der Waals surface area contributed by atoms with Gasteiger partial charge in [0.25, 0.3) is 0 Å². The second-order valence-electron chi connectivity index (χ2n) is 9.60. The highest BCUT2D eigenvalue weighted by Crippen LogP contribution is 2.60. The van der Waals surface area contributed by atoms with Crippen molar-refractivity contribution in [1.82, 2.24) is 9.80 Å². The molecule has 1 spiro atoms. The third-order valence-electron chi connectivity index (χ3n) is 7.13. The first-order valence-corrected chi connectivity index (χ1v) is 13.1. The Labute approximate surface area is 210 Å². The number of rotatable bonds is 13. The van der Waals surface area contributed by atoms with E-state index in [1.165, 1.54) is 4.90 Å². The second-order valence-corrected chi connectivity index (χ2v) is 10.8. The Morgan fingerprint density at radius 3 is 2.68 bits per heavy atom. The van der Waals surface area contributed by atoms with Gasteiger partial charge in [-0.25, -0.2) is 0 Å². The van der Waals surface area contributed by atoms with Gasteiger partial charge in [-0.1, -0.05) is 28.1 Å². The van der Waals surface area contributed by atoms with Crippen LogP contribution in [0.3, 0.4) is 0 Å². The van der Waals surface area contributed by atoms with Crippen molar-refractivity contribution in [3.05, 3.63) is 25.3 Å². The quantitative estimate of drug-likeness (QED) is 0.167. The lowest BCUT2D eigenvalue weighted by Crippen LogP contribution is -2.58. The van der Waals surface area contributed by atoms with E-state index in [9.17, 15) is 19.5 Å². The Morgan fingerprint density at radius 1 is 1.32 bits per heavy atom. The molecule has 0 aromatic rings. The topological polar surface area (TPSA) is 96.4 Å². The number of carbonyl (C=O) groups excluding carboxylic acids is 3. The van der Waals surface area contributed by atoms with Crippen molar-refractivity contribution < 1.29 is 29.0 Å². The number of allylic oxidation sites excluding steroid dienone is 1. The van der Waals surface area contributed by atoms with Gasteiger partial charge in [-0.05, 0) is 46.0 Å². The van der Waals surface area contributed by atoms with Gasteiger partial charge in [0.2, 0.25) is 11.8 Å². The number of esters is 1. The van der Waals surface area contributed by atoms with Gasteiger partial charge in [-0.2, -0.15) is 0 Å². The molecule has 3 heterocycles. The SMILES string of the molecule is C=CCCCCOC(=O)[C@H]1[C@@H]2OC3(CC2Br)C(C(=O)N(CC=C)C(C)C)N(CCCO)C(=O)[C@H]13. The van der Waals surface area contributed by atoms with Gasteiger partial charge in [0, 0.05) is 30.6 Å². The summed E-state index contributed by atoms with van der Waals surface area (Å²) in [4.78, 5) is 43.8. The van der Waals surface area contributed by atoms with Gasteiger partial charge in [0.15, 0.2) is 0 Å². The fourth-order valence-electron chi connectivity index (χ4n) is 5.67. The standard InChI is InChI=1S/C25H37BrN2O6/c1-5-7-8-9-14-33-24(32)18-19-22(30)28(12-10-13-29)21(23(31)27(11-6-2)16(3)4)25(19)15-17(26)20(18)34-25/h5-6,16-21,29H,1-2,7-15H2,3-4H3/t17?,18-,19+,20-,21?,25?/m1/s1. The number of aliphatic hydroxyl groups excluding tert-OH is 1. The van der Waals surface area contributed by atoms with Crippen LogP contribution >= 0.6 is 15.9 Å². The maximum absolute atomic E-state index is 13.9. The summed E-state index contributed by atoms with van der Waals surface area (Å²) in [5, 5.41) is 9.43. The van der Waals surface area contributed by atoms with Crippen LogP contribution in [0.15, 0.2) is 25.3 Å². The number of aliphatic hydroxyl groups is 1. The lowest BCUT2D eigenvalue weighted by molar-refractivity contribution is -0.155. The third kappa shape index (κ3) is 4.71. The molecule has 1 N–H and O–H groups in total. The van der Waals surface area contributed by atoms with E-state index in [1.807, 2.05) is 19.9 Å². The van der Waals surface area contributed by atoms with Crippen LogP contribution in [0.25, 0.3) is 0 Å². The third-order valence-corrected chi connectivity index (χ3v) is 7.98. The number of likely N-dealkylation sites (tertiary alicyclic amines) is 1. The Bertz CT molecular complexity index is 804. The van der Waals surface area contributed by atoms with Gasteiger partial charge >= 0.3 is 5.97 Å². The molecule has 0 saturated carbocycles. The first-order valence-electron chi connectivity index (χ1n) is 12.2. The Morgan fingerprint density at radius 2 is 2.06 bits per heavy atom. The number of nitrogens with zero attached hydrogens (tertiary/aromatic N) is 2. The van der Waals surface area contributed by atoms with Crippen molar-refractivity contribution in [3.8, 4) is 0 Å². The summed E-state index contributed by atoms with van der Waals surface area (Å²) in [6, 6.07) is -0.972. The number of fused-ring (bicyclic) bond motifs is 1. The molecular formula is C25H37BrN2O6. The van der Waals surface area contributed by atoms with Crippen LogP contribution in [0.4, 0.5) is 0 Å². The number of carbonyl (C=O) groups is 3. The molecule has 0 aromatic heterocycles. The van der Waals surface area contributed by atoms with E-state index >= 15 is 0 Å². The smallest absolute Gasteiger partial charge is 0.312 e. The van der Waals surface area contributed by atoms with Crippen LogP contribution < -0.4 is 0 Å². The van der Waals surface area contributed by atoms with Crippen molar-refractivity contribution >= 4 is 33.7 Å². The highest BCUT2D eigenvalue weighted by molar-refractivity contribution is 9.09. The van der Waals surface area contributed by atoms with Crippen LogP contribution in [-0.4, -0.2) is 87.6 Å². The maximum atomic E-state index is 13.9. The lowest BCUT2D eigenvalue weighted by atomic mass is 9.70. The minimum atomic E-state index is -1.11. The van der Waals surface area contributed by atoms with Crippen molar-refractivity contribution in [2.45, 2.75) is 74.6 Å². The van der Waals surface area contributed by atoms with Gasteiger partial charge in [0.05, 0.1) is 24.5 Å². The number of unbranched alkanes of at least 4 members (excludes halogenated alkanes) is 2. The number of halogens is 1. The zero-order valence-electron chi connectivity index (χ0n) is 20.2. The maximum Gasteiger partial charge on any atom is 0.312 e. The normalized spacial score (nSPS) is 31.6. The molecule has 3 fully saturated rings. The summed E-state index contributed by atoms with van der Waals surface area (Å²) in [6.45, 7) is 12.0. The molecule has 3 aliphatic rings. The van der Waals surface area contributed by atoms with Crippen LogP contribution in [0.5, 0.6) is 0 Å². The summed E-state index contributed by atoms with van der Waals surface area (Å²) in [7, 11) is 0. The monoisotopic (exact) mass is 540 g/mol. The highest BCUT2D eigenvalue weighted by atomic mass is 79.9. The van der Waals surface area contributed by atoms with E-state index in [1.54, 1.807) is 11.0 Å². The van der Waals surface area contributed by atoms with Crippen molar-refractivity contribution in [2.24, 2.45) is 11.8 Å². The van der Waals surface area contributed by atoms with E-state index in [-0.39, 0.29) is 42.4 Å². The molecule has 3 aliphatic heterocycles. The van der Waals surface area contributed by atoms with Crippen molar-refractivity contribution in [3.63, 3.8) is 0 Å². The Kier molecular flexibility index (Phi) is 8.98. The molecule has 2 amide bonds. The minimum Gasteiger partial charge on any atom is -0.465 e. The molecule has 0 radical (unpaired) electrons. The predicted octanol–water partition coefficient (Wildman–Crippen LogP) is 2.44. The first-order chi connectivity index (χ1) is 16.2. The van der Waals surface area contributed by atoms with E-state index in [0.717, 1.165) is 12.8 Å². The molecule has 8 nitrogen and oxygen atoms in total. The van der Waals surface area contributed by atoms with Crippen LogP contribution in [0.2, 0.25) is 0 Å². The summed E-state index contributed by atoms with van der Waals surface area (Å²) >= 11 is 3.65. The lowest BCUT2D eigenvalue weighted by Gasteiger charge is -2.38. The molecule has 0 aliphatic carbocycles. The highest BCUT2D eigenvalue weighted by Gasteiger charge is 2.77. The van der Waals surface area contributed by atoms with Gasteiger partial charge in [-0.15, -0.1) is 13.2 Å². The summed E-state index contributed by atoms with van der Waals surface area (Å²) in [5.41, 5.74) is -1.11. The molecule has 3 rings (SSSR count). The molecule has 6 atom stereocenters. The average molecular weight is 541 g/mol. The van der Waals surface area contributed by atoms with Crippen LogP contribution in [0.1, 0.15) is 46.0 Å². The van der Waals surface area contributed by atoms with Gasteiger partial charge in [-0.3, -0.25) is 14.4 Å². The van der Waals surface area contributed by atoms with Crippen molar-refractivity contribution in [2.75, 3.05) is 26.3 Å². The molecule has 2 bridgehead atoms. The van der Waals surface area contributed by atoms with E-state index in [0.29, 0.717) is 25.8 Å². The minimum absolute atomic E-state index is 0.106. The molecular weight excluding hydrogens is 504 g/mol. The molecule has 34 heavy (non-hydrogen) atoms. The van der Waals surface area contributed by atoms with E-state index in [2.05, 4.69) is 29.1 Å². The van der Waals surface area contributed by atoms with Crippen LogP contribution in [0, 0.1) is 11.8 Å².